The fourth-order valence-electron chi connectivity index (χ4n) is 1.82. The van der Waals surface area contributed by atoms with E-state index in [4.69, 9.17) is 0 Å². The molecule has 1 atom stereocenters. The second-order valence-electron chi connectivity index (χ2n) is 4.74. The highest BCUT2D eigenvalue weighted by Gasteiger charge is 2.22. The Balaban J connectivity index is 2.54. The minimum Gasteiger partial charge on any atom is -0.389 e. The van der Waals surface area contributed by atoms with E-state index in [2.05, 4.69) is 5.32 Å². The zero-order chi connectivity index (χ0) is 14.5. The van der Waals surface area contributed by atoms with E-state index >= 15 is 0 Å². The molecule has 3 N–H and O–H groups in total. The van der Waals surface area contributed by atoms with Crippen LogP contribution >= 0.6 is 0 Å². The number of halogens is 2. The molecule has 0 spiro atoms. The lowest BCUT2D eigenvalue weighted by molar-refractivity contribution is 0.0292. The van der Waals surface area contributed by atoms with Crippen molar-refractivity contribution in [3.8, 4) is 0 Å². The third kappa shape index (κ3) is 4.53. The van der Waals surface area contributed by atoms with Crippen LogP contribution in [0, 0.1) is 11.6 Å². The van der Waals surface area contributed by atoms with Crippen LogP contribution in [0.15, 0.2) is 18.2 Å². The highest BCUT2D eigenvalue weighted by molar-refractivity contribution is 5.21. The Morgan fingerprint density at radius 2 is 1.89 bits per heavy atom. The maximum absolute atomic E-state index is 13.4. The molecule has 0 heterocycles. The number of aliphatic hydroxyl groups is 2. The Hall–Kier alpha value is -1.04. The molecule has 1 unspecified atom stereocenters. The summed E-state index contributed by atoms with van der Waals surface area (Å²) in [6, 6.07) is 3.08. The molecule has 19 heavy (non-hydrogen) atoms. The van der Waals surface area contributed by atoms with E-state index in [-0.39, 0.29) is 12.1 Å². The molecule has 0 saturated carbocycles. The van der Waals surface area contributed by atoms with Crippen LogP contribution in [0.5, 0.6) is 0 Å². The highest BCUT2D eigenvalue weighted by Crippen LogP contribution is 2.18. The molecule has 0 aliphatic heterocycles. The van der Waals surface area contributed by atoms with Gasteiger partial charge in [-0.2, -0.15) is 0 Å². The van der Waals surface area contributed by atoms with E-state index in [9.17, 15) is 19.0 Å². The first kappa shape index (κ1) is 16.0. The van der Waals surface area contributed by atoms with Gasteiger partial charge in [0.2, 0.25) is 0 Å². The molecule has 1 rings (SSSR count). The number of rotatable bonds is 7. The van der Waals surface area contributed by atoms with Crippen LogP contribution in [0.2, 0.25) is 0 Å². The molecule has 108 valence electrons. The van der Waals surface area contributed by atoms with Crippen LogP contribution < -0.4 is 5.32 Å². The Morgan fingerprint density at radius 3 is 2.42 bits per heavy atom. The lowest BCUT2D eigenvalue weighted by Gasteiger charge is -2.26. The zero-order valence-corrected chi connectivity index (χ0v) is 11.3. The van der Waals surface area contributed by atoms with Crippen molar-refractivity contribution in [2.75, 3.05) is 13.1 Å². The molecule has 0 bridgehead atoms. The van der Waals surface area contributed by atoms with Crippen molar-refractivity contribution in [1.29, 1.82) is 0 Å². The SMILES string of the molecule is CCC(O)(CC)CNCC(O)c1ccc(F)cc1F. The first-order valence-corrected chi connectivity index (χ1v) is 6.48. The zero-order valence-electron chi connectivity index (χ0n) is 11.3. The summed E-state index contributed by atoms with van der Waals surface area (Å²) < 4.78 is 26.2. The lowest BCUT2D eigenvalue weighted by atomic mass is 9.97. The van der Waals surface area contributed by atoms with Crippen LogP contribution in [0.1, 0.15) is 38.4 Å². The third-order valence-corrected chi connectivity index (χ3v) is 3.43. The first-order chi connectivity index (χ1) is 8.91. The maximum Gasteiger partial charge on any atom is 0.131 e. The summed E-state index contributed by atoms with van der Waals surface area (Å²) in [6.45, 7) is 4.17. The second kappa shape index (κ2) is 6.93. The van der Waals surface area contributed by atoms with Crippen molar-refractivity contribution in [2.45, 2.75) is 38.4 Å². The van der Waals surface area contributed by atoms with Gasteiger partial charge in [-0.25, -0.2) is 8.78 Å². The van der Waals surface area contributed by atoms with Gasteiger partial charge in [0.1, 0.15) is 11.6 Å². The molecule has 0 aromatic heterocycles. The van der Waals surface area contributed by atoms with Crippen LogP contribution in [-0.2, 0) is 0 Å². The standard InChI is InChI=1S/C14H21F2NO2/c1-3-14(19,4-2)9-17-8-13(18)11-6-5-10(15)7-12(11)16/h5-7,13,17-19H,3-4,8-9H2,1-2H3. The van der Waals surface area contributed by atoms with Crippen molar-refractivity contribution in [2.24, 2.45) is 0 Å². The summed E-state index contributed by atoms with van der Waals surface area (Å²) in [7, 11) is 0. The number of hydrogen-bond acceptors (Lipinski definition) is 3. The fraction of sp³-hybridized carbons (Fsp3) is 0.571. The predicted octanol–water partition coefficient (Wildman–Crippen LogP) is 2.14. The van der Waals surface area contributed by atoms with Gasteiger partial charge in [-0.15, -0.1) is 0 Å². The fourth-order valence-corrected chi connectivity index (χ4v) is 1.82. The largest absolute Gasteiger partial charge is 0.389 e. The average molecular weight is 273 g/mol. The van der Waals surface area contributed by atoms with Crippen molar-refractivity contribution in [3.63, 3.8) is 0 Å². The molecule has 1 aromatic rings. The molecule has 0 radical (unpaired) electrons. The molecular formula is C14H21F2NO2. The molecule has 5 heteroatoms. The van der Waals surface area contributed by atoms with Crippen molar-refractivity contribution < 1.29 is 19.0 Å². The summed E-state index contributed by atoms with van der Waals surface area (Å²) in [6.07, 6.45) is 0.119. The average Bonchev–Trinajstić information content (AvgIpc) is 2.38. The number of benzene rings is 1. The highest BCUT2D eigenvalue weighted by atomic mass is 19.1. The van der Waals surface area contributed by atoms with Crippen LogP contribution in [0.25, 0.3) is 0 Å². The van der Waals surface area contributed by atoms with Gasteiger partial charge in [-0.05, 0) is 18.9 Å². The Labute approximate surface area is 112 Å². The number of nitrogens with one attached hydrogen (secondary N) is 1. The van der Waals surface area contributed by atoms with Gasteiger partial charge in [0, 0.05) is 24.7 Å². The van der Waals surface area contributed by atoms with Gasteiger partial charge in [0.05, 0.1) is 11.7 Å². The van der Waals surface area contributed by atoms with Crippen LogP contribution in [-0.4, -0.2) is 28.9 Å². The first-order valence-electron chi connectivity index (χ1n) is 6.48. The Kier molecular flexibility index (Phi) is 5.85. The summed E-state index contributed by atoms with van der Waals surface area (Å²) in [5.41, 5.74) is -0.772. The monoisotopic (exact) mass is 273 g/mol. The van der Waals surface area contributed by atoms with Gasteiger partial charge >= 0.3 is 0 Å². The second-order valence-corrected chi connectivity index (χ2v) is 4.74. The molecule has 0 aliphatic carbocycles. The smallest absolute Gasteiger partial charge is 0.131 e. The summed E-state index contributed by atoms with van der Waals surface area (Å²) in [4.78, 5) is 0. The molecule has 1 aromatic carbocycles. The lowest BCUT2D eigenvalue weighted by Crippen LogP contribution is -2.40. The van der Waals surface area contributed by atoms with Gasteiger partial charge < -0.3 is 15.5 Å². The van der Waals surface area contributed by atoms with E-state index < -0.39 is 23.3 Å². The summed E-state index contributed by atoms with van der Waals surface area (Å²) in [5.74, 6) is -1.44. The quantitative estimate of drug-likeness (QED) is 0.713. The molecule has 3 nitrogen and oxygen atoms in total. The topological polar surface area (TPSA) is 52.5 Å². The van der Waals surface area contributed by atoms with Gasteiger partial charge in [0.25, 0.3) is 0 Å². The number of aliphatic hydroxyl groups excluding tert-OH is 1. The molecule has 0 amide bonds. The predicted molar refractivity (Wildman–Crippen MR) is 69.7 cm³/mol. The Bertz CT molecular complexity index is 408. The minimum atomic E-state index is -1.07. The van der Waals surface area contributed by atoms with Crippen molar-refractivity contribution in [3.05, 3.63) is 35.4 Å². The van der Waals surface area contributed by atoms with E-state index in [1.807, 2.05) is 13.8 Å². The Morgan fingerprint density at radius 1 is 1.26 bits per heavy atom. The van der Waals surface area contributed by atoms with E-state index in [0.29, 0.717) is 19.4 Å². The molecule has 0 fully saturated rings. The maximum atomic E-state index is 13.4. The van der Waals surface area contributed by atoms with Gasteiger partial charge in [0.15, 0.2) is 0 Å². The van der Waals surface area contributed by atoms with Gasteiger partial charge in [-0.1, -0.05) is 19.9 Å². The molecule has 0 aliphatic rings. The third-order valence-electron chi connectivity index (χ3n) is 3.43. The number of hydrogen-bond donors (Lipinski definition) is 3. The van der Waals surface area contributed by atoms with Crippen LogP contribution in [0.4, 0.5) is 8.78 Å². The normalized spacial score (nSPS) is 13.6. The van der Waals surface area contributed by atoms with Crippen molar-refractivity contribution >= 4 is 0 Å². The van der Waals surface area contributed by atoms with E-state index in [0.717, 1.165) is 12.1 Å². The van der Waals surface area contributed by atoms with E-state index in [1.165, 1.54) is 6.07 Å². The summed E-state index contributed by atoms with van der Waals surface area (Å²) in [5, 5.41) is 22.8. The van der Waals surface area contributed by atoms with Crippen molar-refractivity contribution in [1.82, 2.24) is 5.32 Å². The molecular weight excluding hydrogens is 252 g/mol. The van der Waals surface area contributed by atoms with Crippen LogP contribution in [0.3, 0.4) is 0 Å². The van der Waals surface area contributed by atoms with Gasteiger partial charge in [-0.3, -0.25) is 0 Å². The molecule has 0 saturated heterocycles. The minimum absolute atomic E-state index is 0.0467. The van der Waals surface area contributed by atoms with E-state index in [1.54, 1.807) is 0 Å². The summed E-state index contributed by atoms with van der Waals surface area (Å²) >= 11 is 0.